The Balaban J connectivity index is 0.00000220. The molecule has 0 aromatic heterocycles. The van der Waals surface area contributed by atoms with Gasteiger partial charge in [-0.05, 0) is 18.8 Å². The molecule has 1 saturated heterocycles. The first-order chi connectivity index (χ1) is 9.47. The number of amides is 1. The predicted octanol–water partition coefficient (Wildman–Crippen LogP) is 2.74. The Kier molecular flexibility index (Phi) is 7.64. The molecule has 2 atom stereocenters. The number of carbonyl (C=O) groups is 1. The van der Waals surface area contributed by atoms with Crippen LogP contribution in [-0.4, -0.2) is 42.2 Å². The summed E-state index contributed by atoms with van der Waals surface area (Å²) in [5.74, 6) is 0.839. The van der Waals surface area contributed by atoms with E-state index in [9.17, 15) is 18.0 Å². The quantitative estimate of drug-likeness (QED) is 0.822. The molecule has 0 spiro atoms. The Morgan fingerprint density at radius 1 is 1.33 bits per heavy atom. The summed E-state index contributed by atoms with van der Waals surface area (Å²) in [6.45, 7) is 0.813. The van der Waals surface area contributed by atoms with Crippen molar-refractivity contribution in [2.75, 3.05) is 18.1 Å². The van der Waals surface area contributed by atoms with E-state index >= 15 is 0 Å². The standard InChI is InChI=1S/C13H21F3N2OS.ClH/c14-13(15,16)12(9-3-1-2-4-9)18-11(19)7-10-8-20-6-5-17-10;/h9-10,12,17H,1-8H2,(H,18,19);1H. The molecular formula is C13H22ClF3N2OS. The van der Waals surface area contributed by atoms with E-state index in [0.29, 0.717) is 12.8 Å². The van der Waals surface area contributed by atoms with E-state index in [1.54, 1.807) is 11.8 Å². The van der Waals surface area contributed by atoms with Gasteiger partial charge in [0, 0.05) is 30.5 Å². The summed E-state index contributed by atoms with van der Waals surface area (Å²) in [4.78, 5) is 11.9. The van der Waals surface area contributed by atoms with Crippen LogP contribution in [0.5, 0.6) is 0 Å². The molecule has 2 aliphatic rings. The van der Waals surface area contributed by atoms with Crippen molar-refractivity contribution in [2.24, 2.45) is 5.92 Å². The van der Waals surface area contributed by atoms with Crippen LogP contribution in [-0.2, 0) is 4.79 Å². The molecule has 3 nitrogen and oxygen atoms in total. The summed E-state index contributed by atoms with van der Waals surface area (Å²) in [6, 6.07) is -1.68. The lowest BCUT2D eigenvalue weighted by Crippen LogP contribution is -2.51. The molecule has 0 bridgehead atoms. The maximum atomic E-state index is 13.1. The monoisotopic (exact) mass is 346 g/mol. The number of hydrogen-bond acceptors (Lipinski definition) is 3. The third-order valence-corrected chi connectivity index (χ3v) is 5.10. The molecule has 21 heavy (non-hydrogen) atoms. The van der Waals surface area contributed by atoms with Crippen molar-refractivity contribution < 1.29 is 18.0 Å². The fourth-order valence-corrected chi connectivity index (χ4v) is 3.91. The molecule has 1 heterocycles. The second kappa shape index (κ2) is 8.48. The van der Waals surface area contributed by atoms with Crippen LogP contribution in [0.2, 0.25) is 0 Å². The van der Waals surface area contributed by atoms with Gasteiger partial charge in [0.1, 0.15) is 6.04 Å². The molecular weight excluding hydrogens is 325 g/mol. The Bertz CT molecular complexity index is 332. The van der Waals surface area contributed by atoms with Gasteiger partial charge in [-0.3, -0.25) is 4.79 Å². The molecule has 1 amide bonds. The maximum Gasteiger partial charge on any atom is 0.408 e. The maximum absolute atomic E-state index is 13.1. The van der Waals surface area contributed by atoms with E-state index in [4.69, 9.17) is 0 Å². The number of hydrogen-bond donors (Lipinski definition) is 2. The van der Waals surface area contributed by atoms with Crippen LogP contribution in [0.3, 0.4) is 0 Å². The zero-order valence-electron chi connectivity index (χ0n) is 11.7. The normalized spacial score (nSPS) is 25.2. The van der Waals surface area contributed by atoms with Crippen molar-refractivity contribution in [1.82, 2.24) is 10.6 Å². The van der Waals surface area contributed by atoms with Crippen LogP contribution in [0.15, 0.2) is 0 Å². The Morgan fingerprint density at radius 3 is 2.52 bits per heavy atom. The van der Waals surface area contributed by atoms with Crippen LogP contribution >= 0.6 is 24.2 Å². The summed E-state index contributed by atoms with van der Waals surface area (Å²) in [7, 11) is 0. The molecule has 0 aromatic rings. The molecule has 2 rings (SSSR count). The van der Waals surface area contributed by atoms with E-state index in [0.717, 1.165) is 30.9 Å². The molecule has 2 fully saturated rings. The summed E-state index contributed by atoms with van der Waals surface area (Å²) in [6.07, 6.45) is -1.45. The first kappa shape index (κ1) is 18.9. The molecule has 0 aromatic carbocycles. The third kappa shape index (κ3) is 5.87. The van der Waals surface area contributed by atoms with Crippen molar-refractivity contribution in [3.05, 3.63) is 0 Å². The van der Waals surface area contributed by atoms with Crippen molar-refractivity contribution in [3.8, 4) is 0 Å². The topological polar surface area (TPSA) is 41.1 Å². The highest BCUT2D eigenvalue weighted by Gasteiger charge is 2.46. The number of nitrogens with one attached hydrogen (secondary N) is 2. The lowest BCUT2D eigenvalue weighted by atomic mass is 9.97. The first-order valence-corrected chi connectivity index (χ1v) is 8.29. The first-order valence-electron chi connectivity index (χ1n) is 7.14. The van der Waals surface area contributed by atoms with Crippen molar-refractivity contribution in [3.63, 3.8) is 0 Å². The average molecular weight is 347 g/mol. The lowest BCUT2D eigenvalue weighted by Gasteiger charge is -2.28. The van der Waals surface area contributed by atoms with Gasteiger partial charge < -0.3 is 10.6 Å². The smallest absolute Gasteiger partial charge is 0.344 e. The highest BCUT2D eigenvalue weighted by atomic mass is 35.5. The second-order valence-electron chi connectivity index (χ2n) is 5.56. The van der Waals surface area contributed by atoms with Crippen LogP contribution in [0.1, 0.15) is 32.1 Å². The predicted molar refractivity (Wildman–Crippen MR) is 80.9 cm³/mol. The summed E-state index contributed by atoms with van der Waals surface area (Å²) < 4.78 is 39.2. The molecule has 1 saturated carbocycles. The zero-order valence-corrected chi connectivity index (χ0v) is 13.4. The number of alkyl halides is 3. The van der Waals surface area contributed by atoms with Gasteiger partial charge in [0.15, 0.2) is 0 Å². The highest BCUT2D eigenvalue weighted by Crippen LogP contribution is 2.35. The second-order valence-corrected chi connectivity index (χ2v) is 6.71. The van der Waals surface area contributed by atoms with E-state index in [1.807, 2.05) is 0 Å². The van der Waals surface area contributed by atoms with Gasteiger partial charge in [-0.25, -0.2) is 0 Å². The van der Waals surface area contributed by atoms with E-state index < -0.39 is 24.0 Å². The Morgan fingerprint density at radius 2 is 2.00 bits per heavy atom. The average Bonchev–Trinajstić information content (AvgIpc) is 2.89. The van der Waals surface area contributed by atoms with Crippen molar-refractivity contribution in [1.29, 1.82) is 0 Å². The largest absolute Gasteiger partial charge is 0.408 e. The minimum Gasteiger partial charge on any atom is -0.344 e. The Hall–Kier alpha value is -0.140. The molecule has 0 radical (unpaired) electrons. The molecule has 8 heteroatoms. The van der Waals surface area contributed by atoms with Gasteiger partial charge in [0.25, 0.3) is 0 Å². The molecule has 2 unspecified atom stereocenters. The van der Waals surface area contributed by atoms with Crippen LogP contribution in [0.25, 0.3) is 0 Å². The van der Waals surface area contributed by atoms with E-state index in [-0.39, 0.29) is 24.9 Å². The zero-order chi connectivity index (χ0) is 14.6. The number of halogens is 4. The van der Waals surface area contributed by atoms with Gasteiger partial charge >= 0.3 is 6.18 Å². The van der Waals surface area contributed by atoms with Crippen molar-refractivity contribution >= 4 is 30.1 Å². The van der Waals surface area contributed by atoms with E-state index in [2.05, 4.69) is 10.6 Å². The van der Waals surface area contributed by atoms with Gasteiger partial charge in [-0.15, -0.1) is 12.4 Å². The Labute approximate surface area is 133 Å². The molecule has 1 aliphatic heterocycles. The minimum atomic E-state index is -4.35. The molecule has 124 valence electrons. The number of carbonyl (C=O) groups excluding carboxylic acids is 1. The SMILES string of the molecule is Cl.O=C(CC1CSCCN1)NC(C1CCCC1)C(F)(F)F. The fourth-order valence-electron chi connectivity index (χ4n) is 2.96. The van der Waals surface area contributed by atoms with Gasteiger partial charge in [0.2, 0.25) is 5.91 Å². The summed E-state index contributed by atoms with van der Waals surface area (Å²) in [5, 5.41) is 5.40. The minimum absolute atomic E-state index is 0. The lowest BCUT2D eigenvalue weighted by molar-refractivity contribution is -0.172. The van der Waals surface area contributed by atoms with Crippen LogP contribution in [0.4, 0.5) is 13.2 Å². The summed E-state index contributed by atoms with van der Waals surface area (Å²) >= 11 is 1.73. The molecule has 2 N–H and O–H groups in total. The van der Waals surface area contributed by atoms with Crippen molar-refractivity contribution in [2.45, 2.75) is 50.4 Å². The fraction of sp³-hybridized carbons (Fsp3) is 0.923. The van der Waals surface area contributed by atoms with Crippen LogP contribution in [0, 0.1) is 5.92 Å². The summed E-state index contributed by atoms with van der Waals surface area (Å²) in [5.41, 5.74) is 0. The van der Waals surface area contributed by atoms with Gasteiger partial charge in [-0.1, -0.05) is 12.8 Å². The third-order valence-electron chi connectivity index (χ3n) is 3.97. The van der Waals surface area contributed by atoms with Crippen LogP contribution < -0.4 is 10.6 Å². The van der Waals surface area contributed by atoms with Gasteiger partial charge in [-0.2, -0.15) is 24.9 Å². The molecule has 1 aliphatic carbocycles. The number of rotatable bonds is 4. The highest BCUT2D eigenvalue weighted by molar-refractivity contribution is 7.99. The van der Waals surface area contributed by atoms with Gasteiger partial charge in [0.05, 0.1) is 0 Å². The van der Waals surface area contributed by atoms with E-state index in [1.165, 1.54) is 0 Å². The number of thioether (sulfide) groups is 1.